The van der Waals surface area contributed by atoms with Crippen LogP contribution in [0.15, 0.2) is 40.5 Å². The molecule has 0 saturated heterocycles. The molecule has 18 heavy (non-hydrogen) atoms. The highest BCUT2D eigenvalue weighted by Crippen LogP contribution is 2.38. The van der Waals surface area contributed by atoms with Crippen LogP contribution >= 0.6 is 0 Å². The summed E-state index contributed by atoms with van der Waals surface area (Å²) in [5, 5.41) is 0. The number of nitrogens with two attached hydrogens (primary N) is 1. The van der Waals surface area contributed by atoms with Gasteiger partial charge in [0.15, 0.2) is 0 Å². The molecule has 0 fully saturated rings. The second-order valence-electron chi connectivity index (χ2n) is 5.56. The van der Waals surface area contributed by atoms with Crippen molar-refractivity contribution in [1.29, 1.82) is 0 Å². The summed E-state index contributed by atoms with van der Waals surface area (Å²) in [6.07, 6.45) is 0.981. The lowest BCUT2D eigenvalue weighted by Gasteiger charge is -2.14. The van der Waals surface area contributed by atoms with Gasteiger partial charge in [-0.05, 0) is 62.8 Å². The minimum absolute atomic E-state index is 0.560. The number of anilines is 1. The molecule has 2 rings (SSSR count). The molecule has 1 unspecified atom stereocenters. The number of benzene rings is 1. The number of aryl methyl sites for hydroxylation is 1. The van der Waals surface area contributed by atoms with E-state index in [4.69, 9.17) is 5.73 Å². The van der Waals surface area contributed by atoms with Gasteiger partial charge in [0.1, 0.15) is 0 Å². The summed E-state index contributed by atoms with van der Waals surface area (Å²) in [6.45, 7) is 11.1. The first kappa shape index (κ1) is 12.9. The van der Waals surface area contributed by atoms with Crippen LogP contribution in [0.3, 0.4) is 0 Å². The Labute approximate surface area is 110 Å². The van der Waals surface area contributed by atoms with E-state index < -0.39 is 0 Å². The highest BCUT2D eigenvalue weighted by molar-refractivity contribution is 5.54. The van der Waals surface area contributed by atoms with Gasteiger partial charge < -0.3 is 5.73 Å². The van der Waals surface area contributed by atoms with Crippen molar-refractivity contribution in [3.8, 4) is 0 Å². The predicted molar refractivity (Wildman–Crippen MR) is 79.5 cm³/mol. The third kappa shape index (κ3) is 2.10. The summed E-state index contributed by atoms with van der Waals surface area (Å²) in [4.78, 5) is 0. The van der Waals surface area contributed by atoms with Gasteiger partial charge in [-0.25, -0.2) is 0 Å². The van der Waals surface area contributed by atoms with Crippen molar-refractivity contribution in [2.24, 2.45) is 5.92 Å². The molecule has 0 bridgehead atoms. The number of hydrogen-bond acceptors (Lipinski definition) is 1. The SMILES string of the molecule is CC1=C(C)C(C)C(Cc2cc(C)ccc2N)=C1C. The molecular weight excluding hydrogens is 218 g/mol. The Hall–Kier alpha value is -1.50. The highest BCUT2D eigenvalue weighted by atomic mass is 14.6. The molecule has 0 spiro atoms. The average molecular weight is 241 g/mol. The molecule has 0 radical (unpaired) electrons. The molecule has 1 aliphatic carbocycles. The van der Waals surface area contributed by atoms with Gasteiger partial charge in [0.25, 0.3) is 0 Å². The highest BCUT2D eigenvalue weighted by Gasteiger charge is 2.23. The molecule has 1 aliphatic rings. The summed E-state index contributed by atoms with van der Waals surface area (Å²) < 4.78 is 0. The number of hydrogen-bond donors (Lipinski definition) is 1. The fourth-order valence-corrected chi connectivity index (χ4v) is 2.83. The van der Waals surface area contributed by atoms with Crippen LogP contribution in [0.25, 0.3) is 0 Å². The van der Waals surface area contributed by atoms with Gasteiger partial charge in [-0.3, -0.25) is 0 Å². The Morgan fingerprint density at radius 3 is 2.28 bits per heavy atom. The van der Waals surface area contributed by atoms with Gasteiger partial charge in [-0.15, -0.1) is 0 Å². The molecule has 2 N–H and O–H groups in total. The maximum atomic E-state index is 6.09. The normalized spacial score (nSPS) is 19.9. The fraction of sp³-hybridized carbons (Fsp3) is 0.412. The van der Waals surface area contributed by atoms with Gasteiger partial charge >= 0.3 is 0 Å². The van der Waals surface area contributed by atoms with Gasteiger partial charge in [-0.1, -0.05) is 35.8 Å². The van der Waals surface area contributed by atoms with E-state index >= 15 is 0 Å². The van der Waals surface area contributed by atoms with Crippen LogP contribution in [0.5, 0.6) is 0 Å². The molecule has 1 heteroatoms. The Morgan fingerprint density at radius 2 is 1.72 bits per heavy atom. The maximum absolute atomic E-state index is 6.09. The van der Waals surface area contributed by atoms with Crippen molar-refractivity contribution < 1.29 is 0 Å². The molecule has 96 valence electrons. The topological polar surface area (TPSA) is 26.0 Å². The van der Waals surface area contributed by atoms with E-state index in [1.807, 2.05) is 6.07 Å². The van der Waals surface area contributed by atoms with Gasteiger partial charge in [0.05, 0.1) is 0 Å². The third-order valence-electron chi connectivity index (χ3n) is 4.49. The zero-order valence-electron chi connectivity index (χ0n) is 12.1. The van der Waals surface area contributed by atoms with Crippen LogP contribution in [0.1, 0.15) is 38.8 Å². The van der Waals surface area contributed by atoms with E-state index in [0.717, 1.165) is 12.1 Å². The molecule has 1 nitrogen and oxygen atoms in total. The summed E-state index contributed by atoms with van der Waals surface area (Å²) in [5.74, 6) is 0.560. The molecule has 1 atom stereocenters. The van der Waals surface area contributed by atoms with Crippen molar-refractivity contribution >= 4 is 5.69 Å². The van der Waals surface area contributed by atoms with Crippen LogP contribution in [0.4, 0.5) is 5.69 Å². The van der Waals surface area contributed by atoms with E-state index in [2.05, 4.69) is 46.8 Å². The fourth-order valence-electron chi connectivity index (χ4n) is 2.83. The molecule has 0 aromatic heterocycles. The van der Waals surface area contributed by atoms with Crippen molar-refractivity contribution in [2.75, 3.05) is 5.73 Å². The van der Waals surface area contributed by atoms with Crippen molar-refractivity contribution in [2.45, 2.75) is 41.0 Å². The van der Waals surface area contributed by atoms with Gasteiger partial charge in [0.2, 0.25) is 0 Å². The van der Waals surface area contributed by atoms with E-state index in [1.54, 1.807) is 0 Å². The maximum Gasteiger partial charge on any atom is 0.0350 e. The second kappa shape index (κ2) is 4.64. The molecule has 1 aromatic carbocycles. The molecule has 0 saturated carbocycles. The summed E-state index contributed by atoms with van der Waals surface area (Å²) in [7, 11) is 0. The molecular formula is C17H23N. The van der Waals surface area contributed by atoms with E-state index in [0.29, 0.717) is 5.92 Å². The van der Waals surface area contributed by atoms with Crippen molar-refractivity contribution in [3.63, 3.8) is 0 Å². The van der Waals surface area contributed by atoms with E-state index in [-0.39, 0.29) is 0 Å². The first-order valence-corrected chi connectivity index (χ1v) is 6.64. The van der Waals surface area contributed by atoms with Crippen LogP contribution in [0.2, 0.25) is 0 Å². The lowest BCUT2D eigenvalue weighted by atomic mass is 9.91. The first-order valence-electron chi connectivity index (χ1n) is 6.64. The lowest BCUT2D eigenvalue weighted by Crippen LogP contribution is -2.04. The smallest absolute Gasteiger partial charge is 0.0350 e. The van der Waals surface area contributed by atoms with E-state index in [1.165, 1.54) is 33.4 Å². The monoisotopic (exact) mass is 241 g/mol. The average Bonchev–Trinajstić information content (AvgIpc) is 2.51. The van der Waals surface area contributed by atoms with Crippen LogP contribution < -0.4 is 5.73 Å². The number of rotatable bonds is 2. The predicted octanol–water partition coefficient (Wildman–Crippen LogP) is 4.42. The van der Waals surface area contributed by atoms with Crippen LogP contribution in [-0.4, -0.2) is 0 Å². The van der Waals surface area contributed by atoms with Crippen molar-refractivity contribution in [3.05, 3.63) is 51.6 Å². The van der Waals surface area contributed by atoms with E-state index in [9.17, 15) is 0 Å². The minimum Gasteiger partial charge on any atom is -0.398 e. The summed E-state index contributed by atoms with van der Waals surface area (Å²) in [6, 6.07) is 6.31. The third-order valence-corrected chi connectivity index (χ3v) is 4.49. The molecule has 1 aromatic rings. The Bertz CT molecular complexity index is 547. The summed E-state index contributed by atoms with van der Waals surface area (Å²) in [5.41, 5.74) is 15.5. The zero-order chi connectivity index (χ0) is 13.4. The standard InChI is InChI=1S/C17H23N/c1-10-6-7-17(18)15(8-10)9-16-13(4)11(2)12(3)14(16)5/h6-8,13H,9,18H2,1-5H3. The Kier molecular flexibility index (Phi) is 3.34. The molecule has 0 aliphatic heterocycles. The van der Waals surface area contributed by atoms with Gasteiger partial charge in [0, 0.05) is 5.69 Å². The second-order valence-corrected chi connectivity index (χ2v) is 5.56. The Morgan fingerprint density at radius 1 is 1.06 bits per heavy atom. The number of allylic oxidation sites excluding steroid dienone is 4. The van der Waals surface area contributed by atoms with Gasteiger partial charge in [-0.2, -0.15) is 0 Å². The molecule has 0 heterocycles. The van der Waals surface area contributed by atoms with Crippen LogP contribution in [0, 0.1) is 12.8 Å². The Balaban J connectivity index is 2.34. The van der Waals surface area contributed by atoms with Crippen LogP contribution in [-0.2, 0) is 6.42 Å². The van der Waals surface area contributed by atoms with Crippen molar-refractivity contribution in [1.82, 2.24) is 0 Å². The molecule has 0 amide bonds. The first-order chi connectivity index (χ1) is 8.41. The number of nitrogen functional groups attached to an aromatic ring is 1. The minimum atomic E-state index is 0.560. The largest absolute Gasteiger partial charge is 0.398 e. The zero-order valence-corrected chi connectivity index (χ0v) is 12.1. The summed E-state index contributed by atoms with van der Waals surface area (Å²) >= 11 is 0. The quantitative estimate of drug-likeness (QED) is 0.762. The lowest BCUT2D eigenvalue weighted by molar-refractivity contribution is 0.783.